The van der Waals surface area contributed by atoms with E-state index >= 15 is 0 Å². The van der Waals surface area contributed by atoms with Crippen molar-refractivity contribution in [1.29, 1.82) is 0 Å². The van der Waals surface area contributed by atoms with Crippen LogP contribution in [0.15, 0.2) is 48.5 Å². The van der Waals surface area contributed by atoms with Gasteiger partial charge in [0.15, 0.2) is 11.5 Å². The number of nitrogens with one attached hydrogen (secondary N) is 2. The van der Waals surface area contributed by atoms with Crippen LogP contribution in [0.3, 0.4) is 0 Å². The first kappa shape index (κ1) is 17.5. The Kier molecular flexibility index (Phi) is 6.76. The normalized spacial score (nSPS) is 9.92. The van der Waals surface area contributed by atoms with Crippen molar-refractivity contribution in [2.24, 2.45) is 0 Å². The van der Waals surface area contributed by atoms with Gasteiger partial charge in [-0.3, -0.25) is 0 Å². The lowest BCUT2D eigenvalue weighted by Gasteiger charge is -2.14. The molecule has 6 nitrogen and oxygen atoms in total. The Balaban J connectivity index is 1.72. The van der Waals surface area contributed by atoms with E-state index in [0.29, 0.717) is 36.9 Å². The third-order valence-corrected chi connectivity index (χ3v) is 3.31. The summed E-state index contributed by atoms with van der Waals surface area (Å²) >= 11 is 0. The lowest BCUT2D eigenvalue weighted by molar-refractivity contribution is 0.235. The number of ether oxygens (including phenoxy) is 3. The predicted molar refractivity (Wildman–Crippen MR) is 91.7 cm³/mol. The summed E-state index contributed by atoms with van der Waals surface area (Å²) in [5.41, 5.74) is 1.05. The highest BCUT2D eigenvalue weighted by molar-refractivity contribution is 5.73. The van der Waals surface area contributed by atoms with Crippen LogP contribution in [0.4, 0.5) is 4.79 Å². The number of carbonyl (C=O) groups is 1. The molecule has 0 atom stereocenters. The van der Waals surface area contributed by atoms with Gasteiger partial charge >= 0.3 is 6.03 Å². The Morgan fingerprint density at radius 1 is 0.917 bits per heavy atom. The van der Waals surface area contributed by atoms with E-state index in [1.165, 1.54) is 0 Å². The Morgan fingerprint density at radius 2 is 1.67 bits per heavy atom. The second-order valence-corrected chi connectivity index (χ2v) is 4.94. The summed E-state index contributed by atoms with van der Waals surface area (Å²) in [5, 5.41) is 5.53. The molecule has 0 aliphatic heterocycles. The number of hydrogen-bond acceptors (Lipinski definition) is 4. The van der Waals surface area contributed by atoms with Crippen LogP contribution in [0, 0.1) is 0 Å². The van der Waals surface area contributed by atoms with Crippen molar-refractivity contribution in [2.75, 3.05) is 27.4 Å². The molecule has 2 N–H and O–H groups in total. The van der Waals surface area contributed by atoms with Crippen molar-refractivity contribution in [3.05, 3.63) is 54.1 Å². The summed E-state index contributed by atoms with van der Waals surface area (Å²) < 4.78 is 16.1. The Morgan fingerprint density at radius 3 is 2.38 bits per heavy atom. The minimum atomic E-state index is -0.236. The average Bonchev–Trinajstić information content (AvgIpc) is 2.64. The average molecular weight is 330 g/mol. The van der Waals surface area contributed by atoms with E-state index in [1.807, 2.05) is 36.4 Å². The van der Waals surface area contributed by atoms with Gasteiger partial charge < -0.3 is 24.8 Å². The molecule has 2 amide bonds. The summed E-state index contributed by atoms with van der Waals surface area (Å²) in [6, 6.07) is 14.9. The first-order chi connectivity index (χ1) is 11.7. The van der Waals surface area contributed by atoms with E-state index in [2.05, 4.69) is 10.6 Å². The zero-order chi connectivity index (χ0) is 17.2. The van der Waals surface area contributed by atoms with Gasteiger partial charge in [-0.15, -0.1) is 0 Å². The molecule has 24 heavy (non-hydrogen) atoms. The summed E-state index contributed by atoms with van der Waals surface area (Å²) in [6.45, 7) is 1.18. The van der Waals surface area contributed by atoms with Crippen molar-refractivity contribution >= 4 is 6.03 Å². The topological polar surface area (TPSA) is 68.8 Å². The molecule has 2 aromatic carbocycles. The summed E-state index contributed by atoms with van der Waals surface area (Å²) in [4.78, 5) is 11.7. The molecule has 0 spiro atoms. The van der Waals surface area contributed by atoms with Crippen molar-refractivity contribution in [3.8, 4) is 17.2 Å². The third-order valence-electron chi connectivity index (χ3n) is 3.31. The van der Waals surface area contributed by atoms with Crippen molar-refractivity contribution in [2.45, 2.75) is 6.54 Å². The molecule has 0 aromatic heterocycles. The molecule has 0 saturated carbocycles. The van der Waals surface area contributed by atoms with Crippen molar-refractivity contribution < 1.29 is 19.0 Å². The molecule has 0 fully saturated rings. The molecule has 0 bridgehead atoms. The highest BCUT2D eigenvalue weighted by Crippen LogP contribution is 2.36. The number of para-hydroxylation sites is 1. The fourth-order valence-electron chi connectivity index (χ4n) is 2.14. The Bertz CT molecular complexity index is 647. The van der Waals surface area contributed by atoms with E-state index in [9.17, 15) is 4.79 Å². The quantitative estimate of drug-likeness (QED) is 0.730. The molecule has 0 unspecified atom stereocenters. The molecule has 0 heterocycles. The van der Waals surface area contributed by atoms with Gasteiger partial charge in [0.1, 0.15) is 6.61 Å². The molecule has 128 valence electrons. The van der Waals surface area contributed by atoms with E-state index in [4.69, 9.17) is 14.2 Å². The van der Waals surface area contributed by atoms with Gasteiger partial charge in [0, 0.05) is 6.54 Å². The lowest BCUT2D eigenvalue weighted by Crippen LogP contribution is -2.37. The molecule has 0 aliphatic rings. The van der Waals surface area contributed by atoms with Crippen LogP contribution in [0.1, 0.15) is 5.56 Å². The maximum Gasteiger partial charge on any atom is 0.315 e. The molecule has 2 aromatic rings. The number of rotatable bonds is 8. The van der Waals surface area contributed by atoms with Gasteiger partial charge in [-0.25, -0.2) is 4.79 Å². The number of benzene rings is 2. The number of hydrogen-bond donors (Lipinski definition) is 2. The molecule has 6 heteroatoms. The highest BCUT2D eigenvalue weighted by atomic mass is 16.5. The van der Waals surface area contributed by atoms with E-state index < -0.39 is 0 Å². The number of amides is 2. The second kappa shape index (κ2) is 9.29. The molecule has 0 radical (unpaired) electrons. The first-order valence-electron chi connectivity index (χ1n) is 7.64. The summed E-state index contributed by atoms with van der Waals surface area (Å²) in [7, 11) is 3.13. The monoisotopic (exact) mass is 330 g/mol. The van der Waals surface area contributed by atoms with Crippen LogP contribution in [0.2, 0.25) is 0 Å². The zero-order valence-electron chi connectivity index (χ0n) is 13.9. The molecular weight excluding hydrogens is 308 g/mol. The molecule has 2 rings (SSSR count). The van der Waals surface area contributed by atoms with Crippen molar-refractivity contribution in [3.63, 3.8) is 0 Å². The molecule has 0 saturated heterocycles. The number of urea groups is 1. The van der Waals surface area contributed by atoms with Gasteiger partial charge in [-0.05, 0) is 17.7 Å². The number of methoxy groups -OCH3 is 2. The minimum Gasteiger partial charge on any atom is -0.493 e. The first-order valence-corrected chi connectivity index (χ1v) is 7.64. The molecule has 0 aliphatic carbocycles. The Labute approximate surface area is 141 Å². The predicted octanol–water partition coefficient (Wildman–Crippen LogP) is 2.58. The SMILES string of the molecule is COc1cccc(OCCNC(=O)NCc2ccccc2)c1OC. The largest absolute Gasteiger partial charge is 0.493 e. The van der Waals surface area contributed by atoms with Gasteiger partial charge in [0.25, 0.3) is 0 Å². The van der Waals surface area contributed by atoms with E-state index in [-0.39, 0.29) is 6.03 Å². The minimum absolute atomic E-state index is 0.236. The summed E-state index contributed by atoms with van der Waals surface area (Å²) in [6.07, 6.45) is 0. The van der Waals surface area contributed by atoms with Crippen LogP contribution in [-0.2, 0) is 6.54 Å². The smallest absolute Gasteiger partial charge is 0.315 e. The van der Waals surface area contributed by atoms with Gasteiger partial charge in [0.2, 0.25) is 5.75 Å². The summed E-state index contributed by atoms with van der Waals surface area (Å²) in [5.74, 6) is 1.71. The van der Waals surface area contributed by atoms with Crippen LogP contribution < -0.4 is 24.8 Å². The Hall–Kier alpha value is -2.89. The van der Waals surface area contributed by atoms with Gasteiger partial charge in [-0.1, -0.05) is 36.4 Å². The maximum atomic E-state index is 11.7. The second-order valence-electron chi connectivity index (χ2n) is 4.94. The number of carbonyl (C=O) groups excluding carboxylic acids is 1. The van der Waals surface area contributed by atoms with E-state index in [1.54, 1.807) is 26.4 Å². The lowest BCUT2D eigenvalue weighted by atomic mass is 10.2. The zero-order valence-corrected chi connectivity index (χ0v) is 13.9. The fraction of sp³-hybridized carbons (Fsp3) is 0.278. The van der Waals surface area contributed by atoms with Crippen molar-refractivity contribution in [1.82, 2.24) is 10.6 Å². The highest BCUT2D eigenvalue weighted by Gasteiger charge is 2.10. The van der Waals surface area contributed by atoms with E-state index in [0.717, 1.165) is 5.56 Å². The van der Waals surface area contributed by atoms with Crippen LogP contribution in [0.5, 0.6) is 17.2 Å². The fourth-order valence-corrected chi connectivity index (χ4v) is 2.14. The maximum absolute atomic E-state index is 11.7. The van der Waals surface area contributed by atoms with Crippen LogP contribution in [0.25, 0.3) is 0 Å². The van der Waals surface area contributed by atoms with Crippen LogP contribution >= 0.6 is 0 Å². The van der Waals surface area contributed by atoms with Gasteiger partial charge in [0.05, 0.1) is 20.8 Å². The molecular formula is C18H22N2O4. The van der Waals surface area contributed by atoms with Gasteiger partial charge in [-0.2, -0.15) is 0 Å². The standard InChI is InChI=1S/C18H22N2O4/c1-22-15-9-6-10-16(17(15)23-2)24-12-11-19-18(21)20-13-14-7-4-3-5-8-14/h3-10H,11-13H2,1-2H3,(H2,19,20,21). The third kappa shape index (κ3) is 5.08. The van der Waals surface area contributed by atoms with Crippen LogP contribution in [-0.4, -0.2) is 33.4 Å².